The number of nitrogens with one attached hydrogen (secondary N) is 1. The molecular formula is C11H17N3O3. The van der Waals surface area contributed by atoms with Gasteiger partial charge in [0.2, 0.25) is 0 Å². The normalized spacial score (nSPS) is 12.9. The monoisotopic (exact) mass is 239 g/mol. The Balaban J connectivity index is 2.69. The van der Waals surface area contributed by atoms with Crippen LogP contribution in [0.25, 0.3) is 0 Å². The van der Waals surface area contributed by atoms with E-state index in [4.69, 9.17) is 4.74 Å². The molecule has 6 heteroatoms. The van der Waals surface area contributed by atoms with Crippen LogP contribution in [0.2, 0.25) is 0 Å². The second-order valence-corrected chi connectivity index (χ2v) is 4.64. The van der Waals surface area contributed by atoms with Crippen LogP contribution in [0.1, 0.15) is 32.5 Å². The molecule has 1 aromatic rings. The first-order chi connectivity index (χ1) is 7.83. The first kappa shape index (κ1) is 13.2. The predicted molar refractivity (Wildman–Crippen MR) is 61.4 cm³/mol. The molecule has 0 fully saturated rings. The SMILES string of the molecule is Cn1nccc1C(C=O)NC(=O)OC(C)(C)C. The Morgan fingerprint density at radius 1 is 1.59 bits per heavy atom. The fourth-order valence-corrected chi connectivity index (χ4v) is 1.30. The molecule has 1 rings (SSSR count). The fraction of sp³-hybridized carbons (Fsp3) is 0.545. The number of alkyl carbamates (subject to hydrolysis) is 1. The van der Waals surface area contributed by atoms with Crippen LogP contribution in [0, 0.1) is 0 Å². The molecule has 1 heterocycles. The first-order valence-corrected chi connectivity index (χ1v) is 5.26. The summed E-state index contributed by atoms with van der Waals surface area (Å²) in [5, 5.41) is 6.41. The van der Waals surface area contributed by atoms with E-state index < -0.39 is 17.7 Å². The molecule has 0 aromatic carbocycles. The Labute approximate surface area is 99.9 Å². The number of rotatable bonds is 3. The largest absolute Gasteiger partial charge is 0.444 e. The van der Waals surface area contributed by atoms with Gasteiger partial charge in [-0.25, -0.2) is 4.79 Å². The van der Waals surface area contributed by atoms with E-state index in [1.807, 2.05) is 0 Å². The van der Waals surface area contributed by atoms with Crippen molar-refractivity contribution in [3.05, 3.63) is 18.0 Å². The van der Waals surface area contributed by atoms with Gasteiger partial charge in [0.05, 0.1) is 5.69 Å². The van der Waals surface area contributed by atoms with E-state index in [-0.39, 0.29) is 0 Å². The number of aryl methyl sites for hydroxylation is 1. The Kier molecular flexibility index (Phi) is 3.88. The molecule has 1 amide bonds. The summed E-state index contributed by atoms with van der Waals surface area (Å²) in [4.78, 5) is 22.5. The zero-order valence-electron chi connectivity index (χ0n) is 10.4. The van der Waals surface area contributed by atoms with Crippen LogP contribution in [-0.4, -0.2) is 27.8 Å². The van der Waals surface area contributed by atoms with Crippen molar-refractivity contribution >= 4 is 12.4 Å². The second-order valence-electron chi connectivity index (χ2n) is 4.64. The lowest BCUT2D eigenvalue weighted by Gasteiger charge is -2.21. The van der Waals surface area contributed by atoms with E-state index in [1.165, 1.54) is 4.68 Å². The van der Waals surface area contributed by atoms with Crippen LogP contribution >= 0.6 is 0 Å². The maximum absolute atomic E-state index is 11.5. The van der Waals surface area contributed by atoms with Crippen LogP contribution in [0.5, 0.6) is 0 Å². The number of hydrogen-bond acceptors (Lipinski definition) is 4. The van der Waals surface area contributed by atoms with Gasteiger partial charge < -0.3 is 14.8 Å². The minimum atomic E-state index is -0.752. The lowest BCUT2D eigenvalue weighted by atomic mass is 10.2. The predicted octanol–water partition coefficient (Wildman–Crippen LogP) is 1.18. The minimum absolute atomic E-state index is 0.593. The number of aromatic nitrogens is 2. The van der Waals surface area contributed by atoms with E-state index >= 15 is 0 Å². The van der Waals surface area contributed by atoms with Crippen molar-refractivity contribution in [1.82, 2.24) is 15.1 Å². The molecule has 1 aromatic heterocycles. The van der Waals surface area contributed by atoms with Gasteiger partial charge in [-0.15, -0.1) is 0 Å². The van der Waals surface area contributed by atoms with Crippen molar-refractivity contribution in [3.8, 4) is 0 Å². The van der Waals surface area contributed by atoms with E-state index in [2.05, 4.69) is 10.4 Å². The molecule has 0 saturated heterocycles. The van der Waals surface area contributed by atoms with Crippen molar-refractivity contribution in [2.75, 3.05) is 0 Å². The standard InChI is InChI=1S/C11H17N3O3/c1-11(2,3)17-10(16)13-8(7-15)9-5-6-12-14(9)4/h5-8H,1-4H3,(H,13,16). The molecule has 1 N–H and O–H groups in total. The molecular weight excluding hydrogens is 222 g/mol. The van der Waals surface area contributed by atoms with Crippen LogP contribution in [0.3, 0.4) is 0 Å². The quantitative estimate of drug-likeness (QED) is 0.804. The molecule has 0 aliphatic rings. The number of ether oxygens (including phenoxy) is 1. The van der Waals surface area contributed by atoms with Crippen molar-refractivity contribution in [2.24, 2.45) is 7.05 Å². The Hall–Kier alpha value is -1.85. The molecule has 1 unspecified atom stereocenters. The highest BCUT2D eigenvalue weighted by Gasteiger charge is 2.21. The summed E-state index contributed by atoms with van der Waals surface area (Å²) in [5.74, 6) is 0. The average molecular weight is 239 g/mol. The van der Waals surface area contributed by atoms with Crippen molar-refractivity contribution in [1.29, 1.82) is 0 Å². The molecule has 0 aliphatic carbocycles. The van der Waals surface area contributed by atoms with Crippen LogP contribution in [0.15, 0.2) is 12.3 Å². The molecule has 1 atom stereocenters. The van der Waals surface area contributed by atoms with E-state index in [0.29, 0.717) is 12.0 Å². The first-order valence-electron chi connectivity index (χ1n) is 5.26. The maximum Gasteiger partial charge on any atom is 0.408 e. The van der Waals surface area contributed by atoms with Crippen molar-refractivity contribution in [3.63, 3.8) is 0 Å². The molecule has 0 radical (unpaired) electrons. The highest BCUT2D eigenvalue weighted by Crippen LogP contribution is 2.11. The van der Waals surface area contributed by atoms with Gasteiger partial charge in [0.25, 0.3) is 0 Å². The average Bonchev–Trinajstić information content (AvgIpc) is 2.58. The van der Waals surface area contributed by atoms with Crippen molar-refractivity contribution in [2.45, 2.75) is 32.4 Å². The lowest BCUT2D eigenvalue weighted by molar-refractivity contribution is -0.109. The van der Waals surface area contributed by atoms with E-state index in [9.17, 15) is 9.59 Å². The molecule has 6 nitrogen and oxygen atoms in total. The summed E-state index contributed by atoms with van der Waals surface area (Å²) in [5.41, 5.74) is 0.00937. The number of aldehydes is 1. The minimum Gasteiger partial charge on any atom is -0.444 e. The topological polar surface area (TPSA) is 73.2 Å². The zero-order chi connectivity index (χ0) is 13.1. The number of carbonyl (C=O) groups excluding carboxylic acids is 2. The highest BCUT2D eigenvalue weighted by molar-refractivity contribution is 5.74. The van der Waals surface area contributed by atoms with Gasteiger partial charge in [-0.3, -0.25) is 4.68 Å². The summed E-state index contributed by atoms with van der Waals surface area (Å²) in [6, 6.07) is 0.911. The zero-order valence-corrected chi connectivity index (χ0v) is 10.4. The molecule has 0 bridgehead atoms. The van der Waals surface area contributed by atoms with Gasteiger partial charge >= 0.3 is 6.09 Å². The van der Waals surface area contributed by atoms with Gasteiger partial charge in [0.15, 0.2) is 0 Å². The van der Waals surface area contributed by atoms with Gasteiger partial charge in [-0.1, -0.05) is 0 Å². The summed E-state index contributed by atoms with van der Waals surface area (Å²) in [7, 11) is 1.70. The van der Waals surface area contributed by atoms with Gasteiger partial charge in [-0.05, 0) is 26.8 Å². The van der Waals surface area contributed by atoms with Gasteiger partial charge in [0, 0.05) is 13.2 Å². The summed E-state index contributed by atoms with van der Waals surface area (Å²) >= 11 is 0. The number of amides is 1. The molecule has 0 aliphatic heterocycles. The molecule has 94 valence electrons. The molecule has 0 saturated carbocycles. The Morgan fingerprint density at radius 2 is 2.24 bits per heavy atom. The third-order valence-electron chi connectivity index (χ3n) is 1.99. The summed E-state index contributed by atoms with van der Waals surface area (Å²) in [6.07, 6.45) is 1.57. The van der Waals surface area contributed by atoms with E-state index in [1.54, 1.807) is 40.1 Å². The number of nitrogens with zero attached hydrogens (tertiary/aromatic N) is 2. The van der Waals surface area contributed by atoms with Gasteiger partial charge in [-0.2, -0.15) is 5.10 Å². The third-order valence-corrected chi connectivity index (χ3v) is 1.99. The van der Waals surface area contributed by atoms with Crippen LogP contribution in [0.4, 0.5) is 4.79 Å². The van der Waals surface area contributed by atoms with Crippen LogP contribution in [-0.2, 0) is 16.6 Å². The van der Waals surface area contributed by atoms with Crippen molar-refractivity contribution < 1.29 is 14.3 Å². The second kappa shape index (κ2) is 4.99. The molecule has 17 heavy (non-hydrogen) atoms. The molecule has 0 spiro atoms. The Bertz CT molecular complexity index is 406. The maximum atomic E-state index is 11.5. The third kappa shape index (κ3) is 3.90. The number of carbonyl (C=O) groups is 2. The summed E-state index contributed by atoms with van der Waals surface area (Å²) < 4.78 is 6.59. The van der Waals surface area contributed by atoms with Gasteiger partial charge in [0.1, 0.15) is 17.9 Å². The smallest absolute Gasteiger partial charge is 0.408 e. The summed E-state index contributed by atoms with van der Waals surface area (Å²) in [6.45, 7) is 5.27. The highest BCUT2D eigenvalue weighted by atomic mass is 16.6. The Morgan fingerprint density at radius 3 is 2.65 bits per heavy atom. The lowest BCUT2D eigenvalue weighted by Crippen LogP contribution is -2.36. The fourth-order valence-electron chi connectivity index (χ4n) is 1.30. The van der Waals surface area contributed by atoms with E-state index in [0.717, 1.165) is 0 Å². The number of hydrogen-bond donors (Lipinski definition) is 1. The van der Waals surface area contributed by atoms with Crippen LogP contribution < -0.4 is 5.32 Å².